The van der Waals surface area contributed by atoms with Crippen LogP contribution in [0.3, 0.4) is 0 Å². The molecule has 6 heteroatoms. The van der Waals surface area contributed by atoms with Crippen LogP contribution in [0.15, 0.2) is 0 Å². The summed E-state index contributed by atoms with van der Waals surface area (Å²) < 4.78 is 0. The third-order valence-electron chi connectivity index (χ3n) is 0. The molecule has 0 aromatic carbocycles. The van der Waals surface area contributed by atoms with Gasteiger partial charge in [-0.15, -0.1) is 0 Å². The first kappa shape index (κ1) is 141. The Morgan fingerprint density at radius 1 is 0.500 bits per heavy atom. The molecule has 0 bridgehead atoms. The molecule has 0 unspecified atom stereocenters. The number of hydrogen-bond donors (Lipinski definition) is 0. The van der Waals surface area contributed by atoms with Crippen LogP contribution in [0.4, 0.5) is 0 Å². The third-order valence-corrected chi connectivity index (χ3v) is 0. The van der Waals surface area contributed by atoms with Crippen molar-refractivity contribution in [2.24, 2.45) is 0 Å². The van der Waals surface area contributed by atoms with Crippen molar-refractivity contribution in [2.75, 3.05) is 0 Å². The van der Waals surface area contributed by atoms with Crippen molar-refractivity contribution >= 4 is 37.7 Å². The Morgan fingerprint density at radius 3 is 0.500 bits per heavy atom. The van der Waals surface area contributed by atoms with E-state index in [1.54, 1.807) is 0 Å². The smallest absolute Gasteiger partial charge is 1.00 e. The quantitative estimate of drug-likeness (QED) is 0.251. The van der Waals surface area contributed by atoms with E-state index in [0.29, 0.717) is 0 Å². The van der Waals surface area contributed by atoms with Crippen molar-refractivity contribution < 1.29 is 35.9 Å². The van der Waals surface area contributed by atoms with Gasteiger partial charge in [0, 0.05) is 0 Å². The van der Waals surface area contributed by atoms with Crippen LogP contribution in [0.5, 0.6) is 0 Å². The number of halogens is 4. The Hall–Kier alpha value is 1.50. The summed E-state index contributed by atoms with van der Waals surface area (Å²) in [5, 5.41) is 0. The average molecular weight is 171 g/mol. The van der Waals surface area contributed by atoms with Gasteiger partial charge in [0.25, 0.3) is 0 Å². The van der Waals surface area contributed by atoms with E-state index >= 15 is 0 Å². The first-order valence-corrected chi connectivity index (χ1v) is 0. The van der Waals surface area contributed by atoms with Crippen molar-refractivity contribution in [3.05, 3.63) is 0 Å². The Balaban J connectivity index is 0. The first-order valence-electron chi connectivity index (χ1n) is 0. The van der Waals surface area contributed by atoms with Crippen LogP contribution in [-0.4, -0.2) is 37.7 Å². The molecule has 0 heterocycles. The third kappa shape index (κ3) is 49.5. The van der Waals surface area contributed by atoms with E-state index in [2.05, 4.69) is 0 Å². The Morgan fingerprint density at radius 2 is 0.500 bits per heavy atom. The van der Waals surface area contributed by atoms with E-state index < -0.39 is 0 Å². The van der Waals surface area contributed by atoms with Gasteiger partial charge in [0.05, 0.1) is 0 Å². The van der Waals surface area contributed by atoms with E-state index in [9.17, 15) is 0 Å². The summed E-state index contributed by atoms with van der Waals surface area (Å²) in [4.78, 5) is 0. The molecule has 0 aromatic heterocycles. The second-order valence-electron chi connectivity index (χ2n) is 0. The van der Waals surface area contributed by atoms with Crippen molar-refractivity contribution in [1.82, 2.24) is 0 Å². The predicted molar refractivity (Wildman–Crippen MR) is 5.75 cm³/mol. The van der Waals surface area contributed by atoms with Crippen LogP contribution in [-0.2, 0) is 17.1 Å². The summed E-state index contributed by atoms with van der Waals surface area (Å²) in [6.07, 6.45) is 0. The van der Waals surface area contributed by atoms with Crippen LogP contribution in [0.25, 0.3) is 0 Å². The maximum absolute atomic E-state index is 0. The van der Waals surface area contributed by atoms with Crippen LogP contribution in [0.1, 0.15) is 0 Å². The molecule has 0 N–H and O–H groups in total. The molecule has 0 fully saturated rings. The zero-order valence-corrected chi connectivity index (χ0v) is 5.99. The molecule has 0 rings (SSSR count). The van der Waals surface area contributed by atoms with Gasteiger partial charge in [0.1, 0.15) is 0 Å². The van der Waals surface area contributed by atoms with Gasteiger partial charge in [-0.1, -0.05) is 0 Å². The van der Waals surface area contributed by atoms with E-state index in [0.717, 1.165) is 0 Å². The van der Waals surface area contributed by atoms with E-state index in [-0.39, 0.29) is 73.6 Å². The normalized spacial score (nSPS) is 0. The minimum Gasteiger partial charge on any atom is -1.00 e. The van der Waals surface area contributed by atoms with Gasteiger partial charge in [-0.2, -0.15) is 0 Å². The van der Waals surface area contributed by atoms with Crippen LogP contribution < -0.4 is 18.8 Å². The van der Waals surface area contributed by atoms with Gasteiger partial charge in [-0.05, 0) is 0 Å². The average Bonchev–Trinajstić information content (AvgIpc) is 0. The Kier molecular flexibility index (Phi) is 2050. The molecule has 0 aliphatic rings. The SMILES string of the molecule is [Ca+2].[F-].[F-].[F-].[F-].[Mn+2]. The molecular weight excluding hydrogens is 171 g/mol. The fourth-order valence-corrected chi connectivity index (χ4v) is 0. The van der Waals surface area contributed by atoms with Gasteiger partial charge in [0.15, 0.2) is 0 Å². The van der Waals surface area contributed by atoms with Crippen LogP contribution in [0.2, 0.25) is 0 Å². The van der Waals surface area contributed by atoms with Crippen molar-refractivity contribution in [1.29, 1.82) is 0 Å². The summed E-state index contributed by atoms with van der Waals surface area (Å²) >= 11 is 0. The van der Waals surface area contributed by atoms with Gasteiger partial charge >= 0.3 is 54.8 Å². The van der Waals surface area contributed by atoms with Gasteiger partial charge < -0.3 is 18.8 Å². The molecule has 0 atom stereocenters. The van der Waals surface area contributed by atoms with E-state index in [1.807, 2.05) is 0 Å². The Bertz CT molecular complexity index is 7.51. The van der Waals surface area contributed by atoms with Crippen molar-refractivity contribution in [2.45, 2.75) is 0 Å². The second-order valence-corrected chi connectivity index (χ2v) is 0. The molecule has 0 saturated heterocycles. The minimum atomic E-state index is 0. The molecule has 0 spiro atoms. The topological polar surface area (TPSA) is 0 Å². The van der Waals surface area contributed by atoms with Gasteiger partial charge in [-0.25, -0.2) is 0 Å². The fraction of sp³-hybridized carbons (Fsp3) is 0. The molecular formula is CaF4Mn. The zero-order valence-electron chi connectivity index (χ0n) is 2.60. The zero-order chi connectivity index (χ0) is 0. The maximum Gasteiger partial charge on any atom is 2.00 e. The summed E-state index contributed by atoms with van der Waals surface area (Å²) in [7, 11) is 0. The van der Waals surface area contributed by atoms with Crippen LogP contribution in [0, 0.1) is 0 Å². The second kappa shape index (κ2) is 87.4. The largest absolute Gasteiger partial charge is 2.00 e. The van der Waals surface area contributed by atoms with Gasteiger partial charge in [0.2, 0.25) is 0 Å². The number of hydrogen-bond acceptors (Lipinski definition) is 0. The first-order chi connectivity index (χ1) is 0. The predicted octanol–water partition coefficient (Wildman–Crippen LogP) is -12.4. The molecule has 37 valence electrons. The molecule has 0 amide bonds. The fourth-order valence-electron chi connectivity index (χ4n) is 0. The molecule has 0 nitrogen and oxygen atoms in total. The summed E-state index contributed by atoms with van der Waals surface area (Å²) in [6.45, 7) is 0. The standard InChI is InChI=1S/Ca.4FH.Mn/h;4*1H;/q+2;;;;;+2/p-4. The van der Waals surface area contributed by atoms with Crippen molar-refractivity contribution in [3.63, 3.8) is 0 Å². The maximum atomic E-state index is 0. The molecule has 0 aliphatic heterocycles. The molecule has 0 aliphatic carbocycles. The number of rotatable bonds is 0. The summed E-state index contributed by atoms with van der Waals surface area (Å²) in [5.74, 6) is 0. The van der Waals surface area contributed by atoms with Gasteiger partial charge in [-0.3, -0.25) is 0 Å². The van der Waals surface area contributed by atoms with E-state index in [4.69, 9.17) is 0 Å². The molecule has 6 heavy (non-hydrogen) atoms. The summed E-state index contributed by atoms with van der Waals surface area (Å²) in [6, 6.07) is 0. The minimum absolute atomic E-state index is 0. The Labute approximate surface area is 73.0 Å². The molecule has 0 aromatic rings. The molecule has 1 radical (unpaired) electrons. The monoisotopic (exact) mass is 171 g/mol. The van der Waals surface area contributed by atoms with E-state index in [1.165, 1.54) is 0 Å². The van der Waals surface area contributed by atoms with Crippen LogP contribution >= 0.6 is 0 Å². The molecule has 0 saturated carbocycles. The van der Waals surface area contributed by atoms with Crippen molar-refractivity contribution in [3.8, 4) is 0 Å². The summed E-state index contributed by atoms with van der Waals surface area (Å²) in [5.41, 5.74) is 0.